The van der Waals surface area contributed by atoms with Gasteiger partial charge in [0.1, 0.15) is 5.69 Å². The Bertz CT molecular complexity index is 384. The maximum Gasteiger partial charge on any atom is 0.189 e. The minimum atomic E-state index is 0. The van der Waals surface area contributed by atoms with Gasteiger partial charge in [-0.25, -0.2) is 4.99 Å². The van der Waals surface area contributed by atoms with E-state index in [4.69, 9.17) is 5.73 Å². The highest BCUT2D eigenvalue weighted by molar-refractivity contribution is 14.0. The van der Waals surface area contributed by atoms with E-state index in [-0.39, 0.29) is 24.0 Å². The number of hydrogen-bond donors (Lipinski definition) is 2. The molecule has 3 N–H and O–H groups in total. The van der Waals surface area contributed by atoms with Gasteiger partial charge in [-0.15, -0.1) is 30.6 Å². The molecule has 0 fully saturated rings. The van der Waals surface area contributed by atoms with Gasteiger partial charge in [-0.1, -0.05) is 6.08 Å². The summed E-state index contributed by atoms with van der Waals surface area (Å²) in [6.45, 7) is 9.30. The van der Waals surface area contributed by atoms with Crippen LogP contribution < -0.4 is 11.1 Å². The first kappa shape index (κ1) is 15.9. The molecule has 1 heterocycles. The van der Waals surface area contributed by atoms with Gasteiger partial charge in [0.25, 0.3) is 0 Å². The molecule has 0 saturated heterocycles. The van der Waals surface area contributed by atoms with Crippen molar-refractivity contribution in [1.29, 1.82) is 0 Å². The number of hydrogen-bond acceptors (Lipinski definition) is 3. The predicted molar refractivity (Wildman–Crippen MR) is 79.4 cm³/mol. The Morgan fingerprint density at radius 3 is 2.82 bits per heavy atom. The van der Waals surface area contributed by atoms with Gasteiger partial charge >= 0.3 is 0 Å². The van der Waals surface area contributed by atoms with E-state index in [2.05, 4.69) is 27.1 Å². The summed E-state index contributed by atoms with van der Waals surface area (Å²) in [4.78, 5) is 5.81. The average Bonchev–Trinajstić information content (AvgIpc) is 2.64. The molecule has 0 aliphatic rings. The molecule has 1 aromatic rings. The van der Waals surface area contributed by atoms with Crippen LogP contribution in [0, 0.1) is 6.92 Å². The van der Waals surface area contributed by atoms with Crippen LogP contribution in [-0.2, 0) is 13.1 Å². The van der Waals surface area contributed by atoms with Crippen LogP contribution in [0.4, 0.5) is 0 Å². The highest BCUT2D eigenvalue weighted by Gasteiger charge is 2.04. The minimum Gasteiger partial charge on any atom is -0.370 e. The molecule has 0 aliphatic heterocycles. The summed E-state index contributed by atoms with van der Waals surface area (Å²) in [6.07, 6.45) is 1.72. The number of nitrogens with two attached hydrogens (primary N) is 1. The van der Waals surface area contributed by atoms with Crippen molar-refractivity contribution in [2.24, 2.45) is 10.7 Å². The quantitative estimate of drug-likeness (QED) is 0.357. The van der Waals surface area contributed by atoms with Crippen LogP contribution in [-0.4, -0.2) is 27.5 Å². The van der Waals surface area contributed by atoms with E-state index in [1.165, 1.54) is 0 Å². The molecule has 96 valence electrons. The van der Waals surface area contributed by atoms with Crippen molar-refractivity contribution >= 4 is 29.9 Å². The largest absolute Gasteiger partial charge is 0.370 e. The summed E-state index contributed by atoms with van der Waals surface area (Å²) in [6, 6.07) is 0. The highest BCUT2D eigenvalue weighted by Crippen LogP contribution is 2.02. The first-order valence-corrected chi connectivity index (χ1v) is 5.22. The SMILES string of the molecule is C=CCNC(N)=NCc1nn(CC)nc1C.I. The lowest BCUT2D eigenvalue weighted by Crippen LogP contribution is -2.31. The Balaban J connectivity index is 0.00000256. The number of aliphatic imine (C=N–C) groups is 1. The van der Waals surface area contributed by atoms with E-state index in [1.54, 1.807) is 10.9 Å². The molecule has 0 aromatic carbocycles. The second-order valence-electron chi connectivity index (χ2n) is 3.29. The number of rotatable bonds is 5. The molecule has 0 atom stereocenters. The second kappa shape index (κ2) is 8.04. The summed E-state index contributed by atoms with van der Waals surface area (Å²) in [7, 11) is 0. The molecule has 0 aliphatic carbocycles. The summed E-state index contributed by atoms with van der Waals surface area (Å²) >= 11 is 0. The van der Waals surface area contributed by atoms with Crippen LogP contribution in [0.1, 0.15) is 18.3 Å². The zero-order chi connectivity index (χ0) is 12.0. The zero-order valence-electron chi connectivity index (χ0n) is 10.2. The van der Waals surface area contributed by atoms with Gasteiger partial charge in [0.2, 0.25) is 0 Å². The fraction of sp³-hybridized carbons (Fsp3) is 0.500. The predicted octanol–water partition coefficient (Wildman–Crippen LogP) is 0.815. The molecular formula is C10H19IN6. The van der Waals surface area contributed by atoms with Crippen LogP contribution in [0.15, 0.2) is 17.6 Å². The monoisotopic (exact) mass is 350 g/mol. The zero-order valence-corrected chi connectivity index (χ0v) is 12.5. The number of nitrogens with one attached hydrogen (secondary N) is 1. The van der Waals surface area contributed by atoms with Gasteiger partial charge in [0, 0.05) is 6.54 Å². The van der Waals surface area contributed by atoms with Gasteiger partial charge in [0.15, 0.2) is 5.96 Å². The number of nitrogens with zero attached hydrogens (tertiary/aromatic N) is 4. The second-order valence-corrected chi connectivity index (χ2v) is 3.29. The van der Waals surface area contributed by atoms with Gasteiger partial charge in [-0.2, -0.15) is 15.0 Å². The molecule has 0 spiro atoms. The maximum absolute atomic E-state index is 5.63. The summed E-state index contributed by atoms with van der Waals surface area (Å²) in [5, 5.41) is 11.4. The molecule has 1 aromatic heterocycles. The van der Waals surface area contributed by atoms with Crippen molar-refractivity contribution in [3.8, 4) is 0 Å². The van der Waals surface area contributed by atoms with Crippen molar-refractivity contribution in [2.75, 3.05) is 6.54 Å². The molecule has 7 heteroatoms. The van der Waals surface area contributed by atoms with Gasteiger partial charge < -0.3 is 11.1 Å². The molecule has 17 heavy (non-hydrogen) atoms. The van der Waals surface area contributed by atoms with Crippen molar-refractivity contribution in [1.82, 2.24) is 20.3 Å². The third kappa shape index (κ3) is 5.16. The van der Waals surface area contributed by atoms with Crippen molar-refractivity contribution in [3.63, 3.8) is 0 Å². The Morgan fingerprint density at radius 1 is 1.59 bits per heavy atom. The molecule has 0 saturated carbocycles. The Labute approximate surface area is 118 Å². The van der Waals surface area contributed by atoms with Crippen LogP contribution in [0.5, 0.6) is 0 Å². The third-order valence-electron chi connectivity index (χ3n) is 2.03. The molecular weight excluding hydrogens is 331 g/mol. The Morgan fingerprint density at radius 2 is 2.29 bits per heavy atom. The van der Waals surface area contributed by atoms with E-state index < -0.39 is 0 Å². The molecule has 1 rings (SSSR count). The molecule has 0 bridgehead atoms. The maximum atomic E-state index is 5.63. The van der Waals surface area contributed by atoms with Crippen molar-refractivity contribution < 1.29 is 0 Å². The fourth-order valence-corrected chi connectivity index (χ4v) is 1.15. The Hall–Kier alpha value is -1.12. The van der Waals surface area contributed by atoms with E-state index in [1.807, 2.05) is 13.8 Å². The lowest BCUT2D eigenvalue weighted by atomic mass is 10.3. The van der Waals surface area contributed by atoms with E-state index in [0.717, 1.165) is 17.9 Å². The number of guanidine groups is 1. The summed E-state index contributed by atoms with van der Waals surface area (Å²) in [5.74, 6) is 0.394. The van der Waals surface area contributed by atoms with Crippen LogP contribution >= 0.6 is 24.0 Å². The first-order chi connectivity index (χ1) is 7.67. The van der Waals surface area contributed by atoms with Crippen LogP contribution in [0.2, 0.25) is 0 Å². The van der Waals surface area contributed by atoms with Gasteiger partial charge in [-0.3, -0.25) is 0 Å². The highest BCUT2D eigenvalue weighted by atomic mass is 127. The molecule has 6 nitrogen and oxygen atoms in total. The van der Waals surface area contributed by atoms with E-state index in [0.29, 0.717) is 19.0 Å². The number of halogens is 1. The lowest BCUT2D eigenvalue weighted by Gasteiger charge is -2.00. The smallest absolute Gasteiger partial charge is 0.189 e. The normalized spacial score (nSPS) is 10.8. The van der Waals surface area contributed by atoms with Gasteiger partial charge in [0.05, 0.1) is 18.8 Å². The van der Waals surface area contributed by atoms with E-state index in [9.17, 15) is 0 Å². The Kier molecular flexibility index (Phi) is 7.51. The topological polar surface area (TPSA) is 81.1 Å². The average molecular weight is 350 g/mol. The van der Waals surface area contributed by atoms with Gasteiger partial charge in [-0.05, 0) is 13.8 Å². The summed E-state index contributed by atoms with van der Waals surface area (Å²) < 4.78 is 0. The van der Waals surface area contributed by atoms with Crippen molar-refractivity contribution in [2.45, 2.75) is 26.9 Å². The number of aromatic nitrogens is 3. The molecule has 0 unspecified atom stereocenters. The third-order valence-corrected chi connectivity index (χ3v) is 2.03. The standard InChI is InChI=1S/C10H18N6.HI/c1-4-6-12-10(11)13-7-9-8(3)14-16(5-2)15-9;/h4H,1,5-7H2,2-3H3,(H3,11,12,13);1H. The first-order valence-electron chi connectivity index (χ1n) is 5.22. The minimum absolute atomic E-state index is 0. The lowest BCUT2D eigenvalue weighted by molar-refractivity contribution is 0.561. The fourth-order valence-electron chi connectivity index (χ4n) is 1.15. The number of aryl methyl sites for hydroxylation is 2. The summed E-state index contributed by atoms with van der Waals surface area (Å²) in [5.41, 5.74) is 7.38. The molecule has 0 radical (unpaired) electrons. The molecule has 0 amide bonds. The van der Waals surface area contributed by atoms with Crippen LogP contribution in [0.25, 0.3) is 0 Å². The van der Waals surface area contributed by atoms with Crippen LogP contribution in [0.3, 0.4) is 0 Å². The van der Waals surface area contributed by atoms with E-state index >= 15 is 0 Å². The van der Waals surface area contributed by atoms with Crippen molar-refractivity contribution in [3.05, 3.63) is 24.0 Å².